The largest absolute Gasteiger partial charge is 0.492 e. The van der Waals surface area contributed by atoms with Crippen LogP contribution in [0.4, 0.5) is 5.69 Å². The number of nitrogens with zero attached hydrogens (tertiary/aromatic N) is 2. The molecule has 0 unspecified atom stereocenters. The van der Waals surface area contributed by atoms with Gasteiger partial charge in [0.25, 0.3) is 0 Å². The van der Waals surface area contributed by atoms with E-state index in [-0.39, 0.29) is 6.04 Å². The van der Waals surface area contributed by atoms with Crippen molar-refractivity contribution >= 4 is 23.0 Å². The van der Waals surface area contributed by atoms with Crippen molar-refractivity contribution in [2.24, 2.45) is 0 Å². The van der Waals surface area contributed by atoms with E-state index in [0.29, 0.717) is 6.61 Å². The van der Waals surface area contributed by atoms with E-state index in [9.17, 15) is 0 Å². The molecular weight excluding hydrogens is 402 g/mol. The molecular formula is C26H29N3OS. The first-order chi connectivity index (χ1) is 15.3. The van der Waals surface area contributed by atoms with Gasteiger partial charge in [0.1, 0.15) is 5.75 Å². The van der Waals surface area contributed by atoms with E-state index in [1.807, 2.05) is 31.2 Å². The smallest absolute Gasteiger partial charge is 0.173 e. The molecule has 1 N–H and O–H groups in total. The van der Waals surface area contributed by atoms with Crippen LogP contribution in [0.3, 0.4) is 0 Å². The van der Waals surface area contributed by atoms with Gasteiger partial charge < -0.3 is 15.0 Å². The lowest BCUT2D eigenvalue weighted by Gasteiger charge is -2.40. The highest BCUT2D eigenvalue weighted by molar-refractivity contribution is 7.80. The van der Waals surface area contributed by atoms with Crippen LogP contribution in [-0.4, -0.2) is 47.7 Å². The van der Waals surface area contributed by atoms with Crippen LogP contribution in [0, 0.1) is 0 Å². The van der Waals surface area contributed by atoms with Gasteiger partial charge in [-0.2, -0.15) is 0 Å². The molecule has 160 valence electrons. The van der Waals surface area contributed by atoms with Crippen molar-refractivity contribution in [2.75, 3.05) is 38.1 Å². The van der Waals surface area contributed by atoms with Crippen LogP contribution < -0.4 is 10.1 Å². The number of benzene rings is 3. The van der Waals surface area contributed by atoms with Crippen LogP contribution in [-0.2, 0) is 0 Å². The summed E-state index contributed by atoms with van der Waals surface area (Å²) in [4.78, 5) is 4.81. The molecule has 0 aromatic heterocycles. The summed E-state index contributed by atoms with van der Waals surface area (Å²) in [6.07, 6.45) is 0. The van der Waals surface area contributed by atoms with Crippen LogP contribution in [0.2, 0.25) is 0 Å². The average Bonchev–Trinajstić information content (AvgIpc) is 2.82. The van der Waals surface area contributed by atoms with Crippen LogP contribution in [0.5, 0.6) is 5.75 Å². The first-order valence-corrected chi connectivity index (χ1v) is 11.3. The number of thiocarbonyl (C=S) groups is 1. The van der Waals surface area contributed by atoms with Crippen molar-refractivity contribution in [3.05, 3.63) is 96.1 Å². The van der Waals surface area contributed by atoms with Gasteiger partial charge in [-0.3, -0.25) is 4.90 Å². The van der Waals surface area contributed by atoms with Gasteiger partial charge in [0.2, 0.25) is 0 Å². The fourth-order valence-electron chi connectivity index (χ4n) is 4.11. The van der Waals surface area contributed by atoms with Crippen LogP contribution in [0.25, 0.3) is 0 Å². The molecule has 4 rings (SSSR count). The summed E-state index contributed by atoms with van der Waals surface area (Å²) in [7, 11) is 0. The quantitative estimate of drug-likeness (QED) is 0.542. The Labute approximate surface area is 190 Å². The number of nitrogens with one attached hydrogen (secondary N) is 1. The average molecular weight is 432 g/mol. The maximum absolute atomic E-state index is 5.73. The predicted octanol–water partition coefficient (Wildman–Crippen LogP) is 5.19. The summed E-state index contributed by atoms with van der Waals surface area (Å²) in [6.45, 7) is 6.29. The highest BCUT2D eigenvalue weighted by Crippen LogP contribution is 2.30. The Balaban J connectivity index is 1.44. The lowest BCUT2D eigenvalue weighted by atomic mass is 9.96. The first-order valence-electron chi connectivity index (χ1n) is 10.9. The standard InChI is InChI=1S/C26H29N3OS/c1-2-30-24-16-10-9-15-23(24)27-26(31)29-19-17-28(18-20-29)25(21-11-5-3-6-12-21)22-13-7-4-8-14-22/h3-16,25H,2,17-20H2,1H3,(H,27,31). The molecule has 0 atom stereocenters. The Hall–Kier alpha value is -2.89. The van der Waals surface area contributed by atoms with Crippen molar-refractivity contribution in [1.82, 2.24) is 9.80 Å². The minimum Gasteiger partial charge on any atom is -0.492 e. The third-order valence-electron chi connectivity index (χ3n) is 5.63. The van der Waals surface area contributed by atoms with Crippen molar-refractivity contribution in [3.63, 3.8) is 0 Å². The number of rotatable bonds is 6. The van der Waals surface area contributed by atoms with Crippen molar-refractivity contribution in [3.8, 4) is 5.75 Å². The molecule has 0 spiro atoms. The van der Waals surface area contributed by atoms with E-state index in [0.717, 1.165) is 42.7 Å². The van der Waals surface area contributed by atoms with E-state index in [1.54, 1.807) is 0 Å². The molecule has 3 aromatic rings. The molecule has 1 aliphatic heterocycles. The highest BCUT2D eigenvalue weighted by Gasteiger charge is 2.27. The Morgan fingerprint density at radius 3 is 1.97 bits per heavy atom. The second-order valence-electron chi connectivity index (χ2n) is 7.61. The molecule has 1 saturated heterocycles. The molecule has 0 aliphatic carbocycles. The Kier molecular flexibility index (Phi) is 7.18. The minimum absolute atomic E-state index is 0.254. The van der Waals surface area contributed by atoms with Gasteiger partial charge in [0.05, 0.1) is 18.3 Å². The van der Waals surface area contributed by atoms with E-state index < -0.39 is 0 Å². The Morgan fingerprint density at radius 1 is 0.839 bits per heavy atom. The topological polar surface area (TPSA) is 27.7 Å². The zero-order valence-electron chi connectivity index (χ0n) is 17.9. The second-order valence-corrected chi connectivity index (χ2v) is 7.99. The molecule has 0 bridgehead atoms. The van der Waals surface area contributed by atoms with Gasteiger partial charge in [-0.25, -0.2) is 0 Å². The number of para-hydroxylation sites is 2. The fraction of sp³-hybridized carbons (Fsp3) is 0.269. The maximum atomic E-state index is 5.73. The van der Waals surface area contributed by atoms with Crippen LogP contribution >= 0.6 is 12.2 Å². The normalized spacial score (nSPS) is 14.5. The third-order valence-corrected chi connectivity index (χ3v) is 5.99. The lowest BCUT2D eigenvalue weighted by molar-refractivity contribution is 0.151. The maximum Gasteiger partial charge on any atom is 0.173 e. The fourth-order valence-corrected chi connectivity index (χ4v) is 4.41. The molecule has 31 heavy (non-hydrogen) atoms. The van der Waals surface area contributed by atoms with Gasteiger partial charge in [-0.05, 0) is 42.4 Å². The van der Waals surface area contributed by atoms with Crippen molar-refractivity contribution in [2.45, 2.75) is 13.0 Å². The van der Waals surface area contributed by atoms with Crippen LogP contribution in [0.15, 0.2) is 84.9 Å². The summed E-state index contributed by atoms with van der Waals surface area (Å²) < 4.78 is 5.72. The van der Waals surface area contributed by atoms with Gasteiger partial charge in [0, 0.05) is 26.2 Å². The van der Waals surface area contributed by atoms with Gasteiger partial charge >= 0.3 is 0 Å². The minimum atomic E-state index is 0.254. The number of ether oxygens (including phenoxy) is 1. The zero-order valence-corrected chi connectivity index (χ0v) is 18.7. The van der Waals surface area contributed by atoms with E-state index in [4.69, 9.17) is 17.0 Å². The Bertz CT molecular complexity index is 933. The summed E-state index contributed by atoms with van der Waals surface area (Å²) in [6, 6.07) is 29.7. The molecule has 1 fully saturated rings. The molecule has 0 radical (unpaired) electrons. The number of anilines is 1. The lowest BCUT2D eigenvalue weighted by Crippen LogP contribution is -2.51. The molecule has 3 aromatic carbocycles. The first kappa shape index (κ1) is 21.3. The number of hydrogen-bond donors (Lipinski definition) is 1. The zero-order chi connectivity index (χ0) is 21.5. The number of piperazine rings is 1. The second kappa shape index (κ2) is 10.4. The van der Waals surface area contributed by atoms with Gasteiger partial charge in [-0.15, -0.1) is 0 Å². The van der Waals surface area contributed by atoms with Crippen molar-refractivity contribution in [1.29, 1.82) is 0 Å². The molecule has 1 heterocycles. The summed E-state index contributed by atoms with van der Waals surface area (Å²) in [5.41, 5.74) is 3.57. The molecule has 0 saturated carbocycles. The van der Waals surface area contributed by atoms with E-state index in [1.165, 1.54) is 11.1 Å². The van der Waals surface area contributed by atoms with Gasteiger partial charge in [-0.1, -0.05) is 72.8 Å². The molecule has 0 amide bonds. The third kappa shape index (κ3) is 5.24. The Morgan fingerprint density at radius 2 is 1.39 bits per heavy atom. The molecule has 4 nitrogen and oxygen atoms in total. The summed E-state index contributed by atoms with van der Waals surface area (Å²) in [5, 5.41) is 4.14. The molecule has 1 aliphatic rings. The highest BCUT2D eigenvalue weighted by atomic mass is 32.1. The van der Waals surface area contributed by atoms with Crippen molar-refractivity contribution < 1.29 is 4.74 Å². The van der Waals surface area contributed by atoms with E-state index >= 15 is 0 Å². The number of hydrogen-bond acceptors (Lipinski definition) is 3. The predicted molar refractivity (Wildman–Crippen MR) is 132 cm³/mol. The SMILES string of the molecule is CCOc1ccccc1NC(=S)N1CCN(C(c2ccccc2)c2ccccc2)CC1. The molecule has 5 heteroatoms. The van der Waals surface area contributed by atoms with Crippen LogP contribution in [0.1, 0.15) is 24.1 Å². The summed E-state index contributed by atoms with van der Waals surface area (Å²) in [5.74, 6) is 0.833. The monoisotopic (exact) mass is 431 g/mol. The van der Waals surface area contributed by atoms with E-state index in [2.05, 4.69) is 75.8 Å². The van der Waals surface area contributed by atoms with Gasteiger partial charge in [0.15, 0.2) is 5.11 Å². The summed E-state index contributed by atoms with van der Waals surface area (Å²) >= 11 is 5.73.